The van der Waals surface area contributed by atoms with E-state index in [1.54, 1.807) is 0 Å². The lowest BCUT2D eigenvalue weighted by Gasteiger charge is -2.35. The first-order valence-electron chi connectivity index (χ1n) is 7.27. The van der Waals surface area contributed by atoms with Crippen molar-refractivity contribution in [3.63, 3.8) is 0 Å². The molecule has 1 aromatic rings. The van der Waals surface area contributed by atoms with Crippen molar-refractivity contribution < 1.29 is 0 Å². The Bertz CT molecular complexity index is 390. The van der Waals surface area contributed by atoms with Gasteiger partial charge in [-0.3, -0.25) is 4.90 Å². The van der Waals surface area contributed by atoms with Crippen LogP contribution < -0.4 is 5.73 Å². The zero-order valence-corrected chi connectivity index (χ0v) is 11.3. The fraction of sp³-hybridized carbons (Fsp3) is 0.625. The molecule has 1 saturated carbocycles. The Labute approximate surface area is 110 Å². The average molecular weight is 244 g/mol. The number of hydrogen-bond acceptors (Lipinski definition) is 2. The van der Waals surface area contributed by atoms with Gasteiger partial charge in [-0.1, -0.05) is 31.2 Å². The van der Waals surface area contributed by atoms with Crippen LogP contribution >= 0.6 is 0 Å². The average Bonchev–Trinajstić information content (AvgIpc) is 2.76. The van der Waals surface area contributed by atoms with E-state index in [0.717, 1.165) is 19.0 Å². The Morgan fingerprint density at radius 1 is 1.17 bits per heavy atom. The minimum atomic E-state index is 0.421. The van der Waals surface area contributed by atoms with E-state index < -0.39 is 0 Å². The molecule has 0 saturated heterocycles. The highest BCUT2D eigenvalue weighted by Crippen LogP contribution is 2.31. The molecule has 3 rings (SSSR count). The molecule has 0 radical (unpaired) electrons. The lowest BCUT2D eigenvalue weighted by atomic mass is 9.79. The van der Waals surface area contributed by atoms with Crippen molar-refractivity contribution in [3.8, 4) is 0 Å². The summed E-state index contributed by atoms with van der Waals surface area (Å²) in [5.74, 6) is 1.56. The Hall–Kier alpha value is -0.860. The molecule has 0 bridgehead atoms. The minimum absolute atomic E-state index is 0.421. The molecule has 3 unspecified atom stereocenters. The summed E-state index contributed by atoms with van der Waals surface area (Å²) in [6.07, 6.45) is 3.85. The molecule has 2 heteroatoms. The second-order valence-electron chi connectivity index (χ2n) is 6.28. The third kappa shape index (κ3) is 2.45. The quantitative estimate of drug-likeness (QED) is 0.867. The summed E-state index contributed by atoms with van der Waals surface area (Å²) >= 11 is 0. The summed E-state index contributed by atoms with van der Waals surface area (Å²) in [7, 11) is 0. The van der Waals surface area contributed by atoms with Crippen molar-refractivity contribution >= 4 is 0 Å². The molecule has 2 aliphatic rings. The van der Waals surface area contributed by atoms with E-state index in [9.17, 15) is 0 Å². The monoisotopic (exact) mass is 244 g/mol. The molecule has 0 aromatic heterocycles. The fourth-order valence-corrected chi connectivity index (χ4v) is 3.60. The van der Waals surface area contributed by atoms with Gasteiger partial charge in [0.2, 0.25) is 0 Å². The van der Waals surface area contributed by atoms with Crippen LogP contribution in [0.1, 0.15) is 37.3 Å². The third-order valence-electron chi connectivity index (χ3n) is 4.70. The third-order valence-corrected chi connectivity index (χ3v) is 4.70. The van der Waals surface area contributed by atoms with Crippen LogP contribution in [0.25, 0.3) is 0 Å². The highest BCUT2D eigenvalue weighted by Gasteiger charge is 2.29. The van der Waals surface area contributed by atoms with Gasteiger partial charge in [-0.25, -0.2) is 0 Å². The Balaban J connectivity index is 1.62. The van der Waals surface area contributed by atoms with Crippen molar-refractivity contribution in [1.82, 2.24) is 4.90 Å². The van der Waals surface area contributed by atoms with E-state index in [-0.39, 0.29) is 0 Å². The van der Waals surface area contributed by atoms with Gasteiger partial charge in [-0.15, -0.1) is 0 Å². The molecule has 0 spiro atoms. The molecule has 3 atom stereocenters. The Kier molecular flexibility index (Phi) is 3.40. The summed E-state index contributed by atoms with van der Waals surface area (Å²) < 4.78 is 0. The van der Waals surface area contributed by atoms with E-state index in [1.807, 2.05) is 0 Å². The molecule has 98 valence electrons. The molecular weight excluding hydrogens is 220 g/mol. The zero-order chi connectivity index (χ0) is 12.5. The van der Waals surface area contributed by atoms with Gasteiger partial charge in [0.15, 0.2) is 0 Å². The van der Waals surface area contributed by atoms with Crippen LogP contribution in [0.15, 0.2) is 24.3 Å². The van der Waals surface area contributed by atoms with Gasteiger partial charge in [0.1, 0.15) is 0 Å². The molecule has 1 fully saturated rings. The van der Waals surface area contributed by atoms with Crippen molar-refractivity contribution in [3.05, 3.63) is 35.4 Å². The van der Waals surface area contributed by atoms with Crippen LogP contribution in [0, 0.1) is 11.8 Å². The maximum atomic E-state index is 6.30. The van der Waals surface area contributed by atoms with E-state index >= 15 is 0 Å². The summed E-state index contributed by atoms with van der Waals surface area (Å²) in [6.45, 7) is 5.79. The Morgan fingerprint density at radius 2 is 1.83 bits per heavy atom. The van der Waals surface area contributed by atoms with Gasteiger partial charge in [-0.05, 0) is 42.2 Å². The van der Waals surface area contributed by atoms with Crippen LogP contribution in [0.3, 0.4) is 0 Å². The smallest absolute Gasteiger partial charge is 0.0240 e. The first-order valence-corrected chi connectivity index (χ1v) is 7.27. The summed E-state index contributed by atoms with van der Waals surface area (Å²) in [5, 5.41) is 0. The molecule has 1 heterocycles. The second-order valence-corrected chi connectivity index (χ2v) is 6.28. The minimum Gasteiger partial charge on any atom is -0.327 e. The van der Waals surface area contributed by atoms with Gasteiger partial charge in [-0.2, -0.15) is 0 Å². The fourth-order valence-electron chi connectivity index (χ4n) is 3.60. The highest BCUT2D eigenvalue weighted by atomic mass is 15.1. The molecule has 1 aliphatic carbocycles. The number of nitrogens with zero attached hydrogens (tertiary/aromatic N) is 1. The van der Waals surface area contributed by atoms with Crippen LogP contribution in [-0.4, -0.2) is 17.5 Å². The second kappa shape index (κ2) is 5.02. The van der Waals surface area contributed by atoms with Gasteiger partial charge in [0.25, 0.3) is 0 Å². The van der Waals surface area contributed by atoms with Crippen LogP contribution in [0.2, 0.25) is 0 Å². The summed E-state index contributed by atoms with van der Waals surface area (Å²) in [6, 6.07) is 9.25. The SMILES string of the molecule is CC1CCC(N)C(CN2Cc3ccccc3C2)C1. The summed E-state index contributed by atoms with van der Waals surface area (Å²) in [5.41, 5.74) is 9.32. The zero-order valence-electron chi connectivity index (χ0n) is 11.3. The summed E-state index contributed by atoms with van der Waals surface area (Å²) in [4.78, 5) is 2.58. The van der Waals surface area contributed by atoms with Crippen LogP contribution in [0.4, 0.5) is 0 Å². The topological polar surface area (TPSA) is 29.3 Å². The van der Waals surface area contributed by atoms with E-state index in [4.69, 9.17) is 5.73 Å². The predicted octanol–water partition coefficient (Wildman–Crippen LogP) is 2.77. The molecular formula is C16H24N2. The van der Waals surface area contributed by atoms with Crippen molar-refractivity contribution in [2.75, 3.05) is 6.54 Å². The van der Waals surface area contributed by atoms with Crippen molar-refractivity contribution in [1.29, 1.82) is 0 Å². The number of fused-ring (bicyclic) bond motifs is 1. The van der Waals surface area contributed by atoms with Gasteiger partial charge >= 0.3 is 0 Å². The number of rotatable bonds is 2. The number of hydrogen-bond donors (Lipinski definition) is 1. The van der Waals surface area contributed by atoms with Gasteiger partial charge in [0.05, 0.1) is 0 Å². The van der Waals surface area contributed by atoms with Gasteiger partial charge < -0.3 is 5.73 Å². The van der Waals surface area contributed by atoms with Crippen LogP contribution in [-0.2, 0) is 13.1 Å². The maximum absolute atomic E-state index is 6.30. The van der Waals surface area contributed by atoms with Crippen molar-refractivity contribution in [2.45, 2.75) is 45.3 Å². The van der Waals surface area contributed by atoms with E-state index in [0.29, 0.717) is 12.0 Å². The highest BCUT2D eigenvalue weighted by molar-refractivity contribution is 5.30. The molecule has 0 amide bonds. The lowest BCUT2D eigenvalue weighted by molar-refractivity contribution is 0.161. The molecule has 2 N–H and O–H groups in total. The standard InChI is InChI=1S/C16H24N2/c1-12-6-7-16(17)15(8-12)11-18-9-13-4-2-3-5-14(13)10-18/h2-5,12,15-16H,6-11,17H2,1H3. The first kappa shape index (κ1) is 12.2. The lowest BCUT2D eigenvalue weighted by Crippen LogP contribution is -2.41. The largest absolute Gasteiger partial charge is 0.327 e. The number of benzene rings is 1. The van der Waals surface area contributed by atoms with Gasteiger partial charge in [0, 0.05) is 25.7 Å². The normalized spacial score (nSPS) is 32.4. The molecule has 2 nitrogen and oxygen atoms in total. The van der Waals surface area contributed by atoms with E-state index in [2.05, 4.69) is 36.1 Å². The predicted molar refractivity (Wildman–Crippen MR) is 75.0 cm³/mol. The van der Waals surface area contributed by atoms with E-state index in [1.165, 1.54) is 36.9 Å². The maximum Gasteiger partial charge on any atom is 0.0240 e. The number of nitrogens with two attached hydrogens (primary N) is 1. The van der Waals surface area contributed by atoms with Crippen LogP contribution in [0.5, 0.6) is 0 Å². The molecule has 1 aliphatic heterocycles. The first-order chi connectivity index (χ1) is 8.72. The van der Waals surface area contributed by atoms with Crippen molar-refractivity contribution in [2.24, 2.45) is 17.6 Å². The Morgan fingerprint density at radius 3 is 2.50 bits per heavy atom. The molecule has 1 aromatic carbocycles. The molecule has 18 heavy (non-hydrogen) atoms.